The van der Waals surface area contributed by atoms with Crippen molar-refractivity contribution in [3.63, 3.8) is 0 Å². The van der Waals surface area contributed by atoms with Crippen molar-refractivity contribution < 1.29 is 19.6 Å². The Bertz CT molecular complexity index is 915. The number of aliphatic hydroxyl groups is 1. The van der Waals surface area contributed by atoms with Gasteiger partial charge in [-0.15, -0.1) is 0 Å². The Morgan fingerprint density at radius 2 is 1.66 bits per heavy atom. The number of carbonyl (C=O) groups is 2. The maximum absolute atomic E-state index is 12.9. The minimum atomic E-state index is -0.627. The summed E-state index contributed by atoms with van der Waals surface area (Å²) in [5, 5.41) is 11.0. The number of hydrogen-bond donors (Lipinski definition) is 2. The molecule has 0 saturated carbocycles. The number of quaternary nitrogens is 1. The van der Waals surface area contributed by atoms with Gasteiger partial charge in [-0.05, 0) is 17.0 Å². The summed E-state index contributed by atoms with van der Waals surface area (Å²) in [6.45, 7) is 5.39. The van der Waals surface area contributed by atoms with Gasteiger partial charge in [0.05, 0.1) is 38.8 Å². The van der Waals surface area contributed by atoms with Crippen LogP contribution in [0.1, 0.15) is 42.5 Å². The quantitative estimate of drug-likeness (QED) is 0.450. The highest BCUT2D eigenvalue weighted by molar-refractivity contribution is 6.46. The molecule has 0 aromatic heterocycles. The van der Waals surface area contributed by atoms with E-state index in [2.05, 4.69) is 13.8 Å². The molecule has 2 aromatic carbocycles. The zero-order valence-electron chi connectivity index (χ0n) is 17.5. The molecule has 1 amide bonds. The normalized spacial score (nSPS) is 18.8. The van der Waals surface area contributed by atoms with Crippen molar-refractivity contribution >= 4 is 17.4 Å². The minimum Gasteiger partial charge on any atom is -0.507 e. The van der Waals surface area contributed by atoms with Crippen LogP contribution in [0.4, 0.5) is 0 Å². The number of Topliss-reactive ketones (excluding diaryl/α,β-unsaturated/α-hetero) is 1. The molecule has 0 spiro atoms. The van der Waals surface area contributed by atoms with Crippen LogP contribution in [0.5, 0.6) is 0 Å². The summed E-state index contributed by atoms with van der Waals surface area (Å²) in [5.74, 6) is -0.918. The zero-order chi connectivity index (χ0) is 21.1. The number of likely N-dealkylation sites (tertiary alicyclic amines) is 1. The number of nitrogens with one attached hydrogen (secondary N) is 1. The summed E-state index contributed by atoms with van der Waals surface area (Å²) in [6.07, 6.45) is 0. The Labute approximate surface area is 172 Å². The molecule has 2 N–H and O–H groups in total. The van der Waals surface area contributed by atoms with E-state index in [0.717, 1.165) is 5.56 Å². The molecule has 1 unspecified atom stereocenters. The lowest BCUT2D eigenvalue weighted by Gasteiger charge is -2.26. The van der Waals surface area contributed by atoms with Crippen LogP contribution in [-0.2, 0) is 9.59 Å². The van der Waals surface area contributed by atoms with Gasteiger partial charge in [0.2, 0.25) is 0 Å². The fourth-order valence-corrected chi connectivity index (χ4v) is 3.62. The van der Waals surface area contributed by atoms with Crippen LogP contribution in [0.2, 0.25) is 0 Å². The number of hydrogen-bond acceptors (Lipinski definition) is 3. The summed E-state index contributed by atoms with van der Waals surface area (Å²) in [4.78, 5) is 28.5. The summed E-state index contributed by atoms with van der Waals surface area (Å²) in [7, 11) is 4.01. The van der Waals surface area contributed by atoms with Gasteiger partial charge in [0.25, 0.3) is 11.7 Å². The molecular formula is C24H29N2O3+. The molecule has 0 aliphatic carbocycles. The average Bonchev–Trinajstić information content (AvgIpc) is 2.97. The highest BCUT2D eigenvalue weighted by Gasteiger charge is 2.46. The van der Waals surface area contributed by atoms with Gasteiger partial charge in [-0.3, -0.25) is 9.59 Å². The van der Waals surface area contributed by atoms with Crippen molar-refractivity contribution in [1.29, 1.82) is 0 Å². The van der Waals surface area contributed by atoms with E-state index in [0.29, 0.717) is 24.6 Å². The lowest BCUT2D eigenvalue weighted by atomic mass is 9.93. The fraction of sp³-hybridized carbons (Fsp3) is 0.333. The summed E-state index contributed by atoms with van der Waals surface area (Å²) in [5.41, 5.74) is 2.71. The molecule has 2 aromatic rings. The first kappa shape index (κ1) is 20.8. The van der Waals surface area contributed by atoms with Gasteiger partial charge in [-0.2, -0.15) is 0 Å². The van der Waals surface area contributed by atoms with Crippen LogP contribution in [0, 0.1) is 0 Å². The average molecular weight is 394 g/mol. The molecular weight excluding hydrogens is 364 g/mol. The number of aliphatic hydroxyl groups excluding tert-OH is 1. The van der Waals surface area contributed by atoms with Crippen LogP contribution in [-0.4, -0.2) is 48.9 Å². The lowest BCUT2D eigenvalue weighted by molar-refractivity contribution is -0.857. The first-order chi connectivity index (χ1) is 13.8. The third kappa shape index (κ3) is 4.25. The molecule has 1 aliphatic heterocycles. The Morgan fingerprint density at radius 1 is 1.03 bits per heavy atom. The number of rotatable bonds is 6. The summed E-state index contributed by atoms with van der Waals surface area (Å²) < 4.78 is 0. The zero-order valence-corrected chi connectivity index (χ0v) is 17.5. The molecule has 0 bridgehead atoms. The summed E-state index contributed by atoms with van der Waals surface area (Å²) in [6, 6.07) is 16.3. The van der Waals surface area contributed by atoms with Crippen molar-refractivity contribution in [2.45, 2.75) is 25.8 Å². The van der Waals surface area contributed by atoms with Gasteiger partial charge in [-0.1, -0.05) is 68.4 Å². The predicted octanol–water partition coefficient (Wildman–Crippen LogP) is 2.38. The van der Waals surface area contributed by atoms with E-state index in [9.17, 15) is 14.7 Å². The molecule has 1 atom stereocenters. The highest BCUT2D eigenvalue weighted by Crippen LogP contribution is 2.39. The van der Waals surface area contributed by atoms with Crippen LogP contribution < -0.4 is 4.90 Å². The first-order valence-corrected chi connectivity index (χ1v) is 10.0. The molecule has 0 radical (unpaired) electrons. The first-order valence-electron chi connectivity index (χ1n) is 10.0. The highest BCUT2D eigenvalue weighted by atomic mass is 16.3. The van der Waals surface area contributed by atoms with Crippen LogP contribution in [0.3, 0.4) is 0 Å². The van der Waals surface area contributed by atoms with Gasteiger partial charge in [0, 0.05) is 5.56 Å². The SMILES string of the molecule is CC(C)c1ccc(C2C(=C(O)c3ccccc3)C(=O)C(=O)N2CC[NH+](C)C)cc1. The van der Waals surface area contributed by atoms with Crippen molar-refractivity contribution in [2.75, 3.05) is 27.2 Å². The Kier molecular flexibility index (Phi) is 6.18. The standard InChI is InChI=1S/C24H28N2O3/c1-16(2)17-10-12-18(13-11-17)21-20(22(27)19-8-6-5-7-9-19)23(28)24(29)26(21)15-14-25(3)4/h5-13,16,21,27H,14-15H2,1-4H3/p+1. The Hall–Kier alpha value is -2.92. The number of likely N-dealkylation sites (N-methyl/N-ethyl adjacent to an activating group) is 1. The van der Waals surface area contributed by atoms with Crippen molar-refractivity contribution in [3.05, 3.63) is 76.9 Å². The van der Waals surface area contributed by atoms with Gasteiger partial charge < -0.3 is 14.9 Å². The predicted molar refractivity (Wildman–Crippen MR) is 114 cm³/mol. The van der Waals surface area contributed by atoms with Gasteiger partial charge in [0.1, 0.15) is 5.76 Å². The van der Waals surface area contributed by atoms with Crippen LogP contribution in [0.25, 0.3) is 5.76 Å². The molecule has 152 valence electrons. The molecule has 5 nitrogen and oxygen atoms in total. The second-order valence-electron chi connectivity index (χ2n) is 8.14. The number of amides is 1. The van der Waals surface area contributed by atoms with Crippen molar-refractivity contribution in [1.82, 2.24) is 4.90 Å². The lowest BCUT2D eigenvalue weighted by Crippen LogP contribution is -3.06. The maximum atomic E-state index is 12.9. The molecule has 1 heterocycles. The number of nitrogens with zero attached hydrogens (tertiary/aromatic N) is 1. The smallest absolute Gasteiger partial charge is 0.295 e. The Balaban J connectivity index is 2.11. The molecule has 1 saturated heterocycles. The van der Waals surface area contributed by atoms with E-state index in [1.54, 1.807) is 29.2 Å². The van der Waals surface area contributed by atoms with Crippen LogP contribution >= 0.6 is 0 Å². The number of benzene rings is 2. The van der Waals surface area contributed by atoms with E-state index in [4.69, 9.17) is 0 Å². The third-order valence-corrected chi connectivity index (χ3v) is 5.36. The molecule has 1 fully saturated rings. The molecule has 5 heteroatoms. The van der Waals surface area contributed by atoms with E-state index in [-0.39, 0.29) is 11.3 Å². The maximum Gasteiger partial charge on any atom is 0.295 e. The monoisotopic (exact) mass is 393 g/mol. The van der Waals surface area contributed by atoms with E-state index in [1.165, 1.54) is 10.5 Å². The molecule has 3 rings (SSSR count). The van der Waals surface area contributed by atoms with E-state index < -0.39 is 17.7 Å². The van der Waals surface area contributed by atoms with Crippen LogP contribution in [0.15, 0.2) is 60.2 Å². The minimum absolute atomic E-state index is 0.124. The fourth-order valence-electron chi connectivity index (χ4n) is 3.62. The molecule has 1 aliphatic rings. The third-order valence-electron chi connectivity index (χ3n) is 5.36. The number of ketones is 1. The van der Waals surface area contributed by atoms with Gasteiger partial charge in [-0.25, -0.2) is 0 Å². The van der Waals surface area contributed by atoms with E-state index in [1.807, 2.05) is 44.4 Å². The van der Waals surface area contributed by atoms with Gasteiger partial charge >= 0.3 is 0 Å². The van der Waals surface area contributed by atoms with Crippen molar-refractivity contribution in [2.24, 2.45) is 0 Å². The second-order valence-corrected chi connectivity index (χ2v) is 8.14. The molecule has 29 heavy (non-hydrogen) atoms. The number of carbonyl (C=O) groups excluding carboxylic acids is 2. The Morgan fingerprint density at radius 3 is 2.21 bits per heavy atom. The summed E-state index contributed by atoms with van der Waals surface area (Å²) >= 11 is 0. The van der Waals surface area contributed by atoms with E-state index >= 15 is 0 Å². The van der Waals surface area contributed by atoms with Crippen molar-refractivity contribution in [3.8, 4) is 0 Å². The topological polar surface area (TPSA) is 62.0 Å². The second kappa shape index (κ2) is 8.62. The van der Waals surface area contributed by atoms with Gasteiger partial charge in [0.15, 0.2) is 0 Å². The largest absolute Gasteiger partial charge is 0.507 e.